The number of hydrogen-bond donors (Lipinski definition) is 2. The van der Waals surface area contributed by atoms with Gasteiger partial charge in [-0.3, -0.25) is 5.32 Å². The molecule has 0 saturated heterocycles. The van der Waals surface area contributed by atoms with Gasteiger partial charge in [-0.1, -0.05) is 59.9 Å². The van der Waals surface area contributed by atoms with Crippen LogP contribution in [0.4, 0.5) is 9.93 Å². The van der Waals surface area contributed by atoms with Crippen LogP contribution in [0, 0.1) is 0 Å². The first-order valence-corrected chi connectivity index (χ1v) is 9.57. The molecular formula is C20H18N6OS. The third-order valence-corrected chi connectivity index (χ3v) is 4.94. The van der Waals surface area contributed by atoms with E-state index in [1.54, 1.807) is 12.5 Å². The van der Waals surface area contributed by atoms with Crippen molar-refractivity contribution in [1.82, 2.24) is 25.1 Å². The maximum atomic E-state index is 12.2. The lowest BCUT2D eigenvalue weighted by molar-refractivity contribution is 0.251. The first-order chi connectivity index (χ1) is 13.8. The van der Waals surface area contributed by atoms with Gasteiger partial charge < -0.3 is 9.88 Å². The number of nitrogens with zero attached hydrogens (tertiary/aromatic N) is 4. The summed E-state index contributed by atoms with van der Waals surface area (Å²) in [5.74, 6) is 0. The van der Waals surface area contributed by atoms with Crippen molar-refractivity contribution in [3.05, 3.63) is 89.5 Å². The van der Waals surface area contributed by atoms with Gasteiger partial charge in [0.15, 0.2) is 0 Å². The van der Waals surface area contributed by atoms with Crippen LogP contribution in [0.25, 0.3) is 5.69 Å². The van der Waals surface area contributed by atoms with Crippen LogP contribution in [0.3, 0.4) is 0 Å². The van der Waals surface area contributed by atoms with Gasteiger partial charge in [0.2, 0.25) is 5.13 Å². The van der Waals surface area contributed by atoms with Gasteiger partial charge in [-0.05, 0) is 17.2 Å². The smallest absolute Gasteiger partial charge is 0.321 e. The zero-order chi connectivity index (χ0) is 19.2. The molecule has 2 heterocycles. The highest BCUT2D eigenvalue weighted by Gasteiger charge is 2.10. The molecule has 8 heteroatoms. The van der Waals surface area contributed by atoms with Gasteiger partial charge >= 0.3 is 6.03 Å². The van der Waals surface area contributed by atoms with E-state index in [1.807, 2.05) is 65.4 Å². The van der Waals surface area contributed by atoms with Gasteiger partial charge in [0, 0.05) is 25.4 Å². The fourth-order valence-electron chi connectivity index (χ4n) is 2.78. The normalized spacial score (nSPS) is 10.6. The lowest BCUT2D eigenvalue weighted by Gasteiger charge is -2.11. The van der Waals surface area contributed by atoms with E-state index in [1.165, 1.54) is 11.3 Å². The van der Waals surface area contributed by atoms with E-state index in [0.717, 1.165) is 21.8 Å². The van der Waals surface area contributed by atoms with E-state index in [9.17, 15) is 4.79 Å². The molecule has 2 amide bonds. The summed E-state index contributed by atoms with van der Waals surface area (Å²) in [5, 5.41) is 15.1. The number of para-hydroxylation sites is 1. The van der Waals surface area contributed by atoms with Crippen LogP contribution in [0.2, 0.25) is 0 Å². The van der Waals surface area contributed by atoms with Crippen LogP contribution in [0.5, 0.6) is 0 Å². The minimum Gasteiger partial charge on any atom is -0.334 e. The summed E-state index contributed by atoms with van der Waals surface area (Å²) >= 11 is 1.37. The Bertz CT molecular complexity index is 1050. The minimum absolute atomic E-state index is 0.317. The maximum Gasteiger partial charge on any atom is 0.321 e. The maximum absolute atomic E-state index is 12.2. The number of nitrogens with one attached hydrogen (secondary N) is 2. The number of urea groups is 1. The molecule has 7 nitrogen and oxygen atoms in total. The van der Waals surface area contributed by atoms with Gasteiger partial charge in [0.05, 0.1) is 12.0 Å². The molecule has 0 bridgehead atoms. The van der Waals surface area contributed by atoms with Crippen LogP contribution in [0.15, 0.2) is 73.3 Å². The highest BCUT2D eigenvalue weighted by Crippen LogP contribution is 2.18. The van der Waals surface area contributed by atoms with Gasteiger partial charge in [-0.2, -0.15) is 0 Å². The average Bonchev–Trinajstić information content (AvgIpc) is 3.40. The van der Waals surface area contributed by atoms with E-state index in [2.05, 4.69) is 25.8 Å². The Kier molecular flexibility index (Phi) is 5.39. The summed E-state index contributed by atoms with van der Waals surface area (Å²) < 4.78 is 1.91. The van der Waals surface area contributed by atoms with E-state index in [0.29, 0.717) is 18.1 Å². The molecule has 4 aromatic rings. The van der Waals surface area contributed by atoms with Crippen LogP contribution < -0.4 is 10.6 Å². The second kappa shape index (κ2) is 8.45. The highest BCUT2D eigenvalue weighted by molar-refractivity contribution is 7.15. The van der Waals surface area contributed by atoms with Crippen molar-refractivity contribution in [2.24, 2.45) is 0 Å². The van der Waals surface area contributed by atoms with Crippen LogP contribution in [0.1, 0.15) is 16.1 Å². The molecule has 140 valence electrons. The van der Waals surface area contributed by atoms with Crippen molar-refractivity contribution in [3.63, 3.8) is 0 Å². The fraction of sp³-hybridized carbons (Fsp3) is 0.100. The molecule has 0 unspecified atom stereocenters. The molecule has 0 spiro atoms. The molecule has 2 N–H and O–H groups in total. The Balaban J connectivity index is 1.35. The number of rotatable bonds is 6. The zero-order valence-electron chi connectivity index (χ0n) is 14.9. The number of carbonyl (C=O) groups is 1. The summed E-state index contributed by atoms with van der Waals surface area (Å²) in [4.78, 5) is 16.3. The predicted octanol–water partition coefficient (Wildman–Crippen LogP) is 3.64. The van der Waals surface area contributed by atoms with E-state index in [-0.39, 0.29) is 6.03 Å². The number of imidazole rings is 1. The molecule has 2 aromatic carbocycles. The molecule has 0 aliphatic heterocycles. The third-order valence-electron chi connectivity index (χ3n) is 4.10. The van der Waals surface area contributed by atoms with Crippen molar-refractivity contribution in [1.29, 1.82) is 0 Å². The Labute approximate surface area is 166 Å². The van der Waals surface area contributed by atoms with E-state index in [4.69, 9.17) is 0 Å². The first-order valence-electron chi connectivity index (χ1n) is 8.75. The molecule has 0 aliphatic carbocycles. The van der Waals surface area contributed by atoms with Gasteiger partial charge in [0.1, 0.15) is 5.01 Å². The second-order valence-electron chi connectivity index (χ2n) is 6.07. The van der Waals surface area contributed by atoms with Crippen molar-refractivity contribution >= 4 is 22.5 Å². The van der Waals surface area contributed by atoms with Gasteiger partial charge in [0.25, 0.3) is 0 Å². The average molecular weight is 390 g/mol. The molecule has 2 aromatic heterocycles. The first kappa shape index (κ1) is 17.9. The van der Waals surface area contributed by atoms with Crippen molar-refractivity contribution in [2.75, 3.05) is 5.32 Å². The summed E-state index contributed by atoms with van der Waals surface area (Å²) in [6.45, 7) is 0.385. The summed E-state index contributed by atoms with van der Waals surface area (Å²) in [6, 6.07) is 17.6. The molecule has 0 fully saturated rings. The molecule has 0 aliphatic rings. The number of carbonyl (C=O) groups excluding carboxylic acids is 1. The van der Waals surface area contributed by atoms with Gasteiger partial charge in [-0.15, -0.1) is 10.2 Å². The van der Waals surface area contributed by atoms with Crippen LogP contribution in [-0.2, 0) is 13.0 Å². The molecule has 0 radical (unpaired) electrons. The standard InChI is InChI=1S/C20H18N6OS/c27-19(22-13-16-8-4-5-9-17(16)26-11-10-21-14-26)23-20-25-24-18(28-20)12-15-6-2-1-3-7-15/h1-11,14H,12-13H2,(H2,22,23,25,27). The molecule has 4 rings (SSSR count). The largest absolute Gasteiger partial charge is 0.334 e. The molecule has 0 saturated carbocycles. The molecular weight excluding hydrogens is 372 g/mol. The highest BCUT2D eigenvalue weighted by atomic mass is 32.1. The lowest BCUT2D eigenvalue weighted by Crippen LogP contribution is -2.28. The predicted molar refractivity (Wildman–Crippen MR) is 109 cm³/mol. The monoisotopic (exact) mass is 390 g/mol. The number of benzene rings is 2. The van der Waals surface area contributed by atoms with Crippen molar-refractivity contribution in [2.45, 2.75) is 13.0 Å². The molecule has 28 heavy (non-hydrogen) atoms. The zero-order valence-corrected chi connectivity index (χ0v) is 15.8. The van der Waals surface area contributed by atoms with Crippen LogP contribution >= 0.6 is 11.3 Å². The van der Waals surface area contributed by atoms with Gasteiger partial charge in [-0.25, -0.2) is 9.78 Å². The second-order valence-corrected chi connectivity index (χ2v) is 7.13. The van der Waals surface area contributed by atoms with E-state index >= 15 is 0 Å². The Morgan fingerprint density at radius 3 is 2.68 bits per heavy atom. The SMILES string of the molecule is O=C(NCc1ccccc1-n1ccnc1)Nc1nnc(Cc2ccccc2)s1. The lowest BCUT2D eigenvalue weighted by atomic mass is 10.2. The summed E-state index contributed by atoms with van der Waals surface area (Å²) in [7, 11) is 0. The topological polar surface area (TPSA) is 84.7 Å². The van der Waals surface area contributed by atoms with Crippen molar-refractivity contribution < 1.29 is 4.79 Å². The Morgan fingerprint density at radius 2 is 1.86 bits per heavy atom. The van der Waals surface area contributed by atoms with Crippen LogP contribution in [-0.4, -0.2) is 25.8 Å². The number of anilines is 1. The number of amides is 2. The number of aromatic nitrogens is 4. The fourth-order valence-corrected chi connectivity index (χ4v) is 3.55. The Morgan fingerprint density at radius 1 is 1.04 bits per heavy atom. The third kappa shape index (κ3) is 4.41. The summed E-state index contributed by atoms with van der Waals surface area (Å²) in [6.07, 6.45) is 6.02. The molecule has 0 atom stereocenters. The van der Waals surface area contributed by atoms with Crippen molar-refractivity contribution in [3.8, 4) is 5.69 Å². The minimum atomic E-state index is -0.317. The summed E-state index contributed by atoms with van der Waals surface area (Å²) in [5.41, 5.74) is 3.12. The quantitative estimate of drug-likeness (QED) is 0.526. The number of hydrogen-bond acceptors (Lipinski definition) is 5. The Hall–Kier alpha value is -3.52. The van der Waals surface area contributed by atoms with E-state index < -0.39 is 0 Å².